The summed E-state index contributed by atoms with van der Waals surface area (Å²) < 4.78 is 1.98. The van der Waals surface area contributed by atoms with Crippen LogP contribution in [-0.2, 0) is 24.2 Å². The van der Waals surface area contributed by atoms with Crippen LogP contribution < -0.4 is 0 Å². The fourth-order valence-corrected chi connectivity index (χ4v) is 4.87. The highest BCUT2D eigenvalue weighted by atomic mass is 16.3. The first kappa shape index (κ1) is 26.6. The van der Waals surface area contributed by atoms with Gasteiger partial charge in [-0.25, -0.2) is 4.98 Å². The summed E-state index contributed by atoms with van der Waals surface area (Å²) in [6.45, 7) is 10.6. The molecule has 1 aliphatic rings. The molecule has 2 heterocycles. The molecule has 6 nitrogen and oxygen atoms in total. The molecule has 1 N–H and O–H groups in total. The molecule has 0 bridgehead atoms. The van der Waals surface area contributed by atoms with E-state index in [2.05, 4.69) is 56.8 Å². The number of benzene rings is 2. The molecule has 37 heavy (non-hydrogen) atoms. The second-order valence-electron chi connectivity index (χ2n) is 10.2. The molecule has 1 atom stereocenters. The summed E-state index contributed by atoms with van der Waals surface area (Å²) >= 11 is 0. The van der Waals surface area contributed by atoms with Gasteiger partial charge in [0, 0.05) is 31.2 Å². The number of aliphatic hydroxyl groups excluding tert-OH is 1. The van der Waals surface area contributed by atoms with E-state index in [0.717, 1.165) is 29.1 Å². The molecule has 1 aliphatic heterocycles. The quantitative estimate of drug-likeness (QED) is 0.317. The van der Waals surface area contributed by atoms with Gasteiger partial charge in [0.05, 0.1) is 5.69 Å². The highest BCUT2D eigenvalue weighted by molar-refractivity contribution is 6.05. The second kappa shape index (κ2) is 11.7. The van der Waals surface area contributed by atoms with Crippen LogP contribution in [0.5, 0.6) is 0 Å². The van der Waals surface area contributed by atoms with Crippen LogP contribution in [0.15, 0.2) is 61.2 Å². The lowest BCUT2D eigenvalue weighted by Crippen LogP contribution is -2.43. The third-order valence-corrected chi connectivity index (χ3v) is 7.08. The van der Waals surface area contributed by atoms with Crippen molar-refractivity contribution in [2.75, 3.05) is 13.2 Å². The minimum atomic E-state index is -0.331. The Morgan fingerprint density at radius 3 is 2.54 bits per heavy atom. The molecule has 6 heteroatoms. The fourth-order valence-electron chi connectivity index (χ4n) is 4.87. The first-order chi connectivity index (χ1) is 17.8. The average molecular weight is 500 g/mol. The Labute approximate surface area is 219 Å². The first-order valence-corrected chi connectivity index (χ1v) is 13.2. The zero-order valence-corrected chi connectivity index (χ0v) is 22.1. The molecule has 0 saturated carbocycles. The number of aliphatic hydroxyl groups is 1. The summed E-state index contributed by atoms with van der Waals surface area (Å²) in [6.07, 6.45) is 4.21. The van der Waals surface area contributed by atoms with E-state index >= 15 is 0 Å². The van der Waals surface area contributed by atoms with Crippen molar-refractivity contribution in [2.45, 2.75) is 58.9 Å². The summed E-state index contributed by atoms with van der Waals surface area (Å²) in [6, 6.07) is 16.6. The van der Waals surface area contributed by atoms with Crippen molar-refractivity contribution in [1.82, 2.24) is 14.5 Å². The molecule has 194 valence electrons. The topological polar surface area (TPSA) is 75.4 Å². The maximum Gasteiger partial charge on any atom is 0.279 e. The standard InChI is InChI=1S/C31H37N3O3/c1-5-8-23-12-14-24(15-13-23)20-34-28-27(32-29(34)26-10-6-9-25(19-26)21(2)3)16-11-22(4)30(36)33(31(28)37)17-7-18-35/h5-6,9-10,12-15,19,21-22,35H,1,7-8,11,16-18,20H2,2-4H3. The van der Waals surface area contributed by atoms with Crippen LogP contribution in [0, 0.1) is 5.92 Å². The lowest BCUT2D eigenvalue weighted by Gasteiger charge is -2.27. The highest BCUT2D eigenvalue weighted by Crippen LogP contribution is 2.30. The summed E-state index contributed by atoms with van der Waals surface area (Å²) in [4.78, 5) is 33.5. The number of aromatic nitrogens is 2. The van der Waals surface area contributed by atoms with Crippen molar-refractivity contribution in [1.29, 1.82) is 0 Å². The smallest absolute Gasteiger partial charge is 0.279 e. The Balaban J connectivity index is 1.87. The van der Waals surface area contributed by atoms with Crippen molar-refractivity contribution >= 4 is 11.8 Å². The molecule has 0 spiro atoms. The average Bonchev–Trinajstić information content (AvgIpc) is 3.25. The van der Waals surface area contributed by atoms with Crippen LogP contribution >= 0.6 is 0 Å². The molecule has 1 unspecified atom stereocenters. The monoisotopic (exact) mass is 499 g/mol. The van der Waals surface area contributed by atoms with Gasteiger partial charge in [-0.05, 0) is 54.4 Å². The van der Waals surface area contributed by atoms with Gasteiger partial charge in [-0.2, -0.15) is 0 Å². The SMILES string of the molecule is C=CCc1ccc(Cn2c(-c3cccc(C(C)C)c3)nc3c2C(=O)N(CCCO)C(=O)C(C)CC3)cc1. The summed E-state index contributed by atoms with van der Waals surface area (Å²) in [5.41, 5.74) is 5.58. The maximum atomic E-state index is 14.0. The number of amides is 2. The van der Waals surface area contributed by atoms with Gasteiger partial charge in [-0.3, -0.25) is 14.5 Å². The predicted octanol–water partition coefficient (Wildman–Crippen LogP) is 5.38. The number of carbonyl (C=O) groups is 2. The van der Waals surface area contributed by atoms with E-state index in [1.54, 1.807) is 0 Å². The number of hydrogen-bond donors (Lipinski definition) is 1. The number of nitrogens with zero attached hydrogens (tertiary/aromatic N) is 3. The van der Waals surface area contributed by atoms with Gasteiger partial charge in [0.25, 0.3) is 5.91 Å². The Hall–Kier alpha value is -3.51. The number of imide groups is 1. The zero-order valence-electron chi connectivity index (χ0n) is 22.1. The molecule has 4 rings (SSSR count). The summed E-state index contributed by atoms with van der Waals surface area (Å²) in [5.74, 6) is 0.290. The van der Waals surface area contributed by atoms with Crippen molar-refractivity contribution in [3.63, 3.8) is 0 Å². The van der Waals surface area contributed by atoms with E-state index in [1.807, 2.05) is 29.7 Å². The third kappa shape index (κ3) is 5.75. The lowest BCUT2D eigenvalue weighted by molar-refractivity contribution is -0.132. The van der Waals surface area contributed by atoms with Crippen LogP contribution in [0.1, 0.15) is 72.4 Å². The van der Waals surface area contributed by atoms with E-state index in [9.17, 15) is 14.7 Å². The van der Waals surface area contributed by atoms with Gasteiger partial charge in [0.1, 0.15) is 11.5 Å². The minimum Gasteiger partial charge on any atom is -0.396 e. The fraction of sp³-hybridized carbons (Fsp3) is 0.387. The van der Waals surface area contributed by atoms with E-state index in [4.69, 9.17) is 4.98 Å². The van der Waals surface area contributed by atoms with Gasteiger partial charge < -0.3 is 9.67 Å². The molecule has 2 aromatic carbocycles. The molecule has 0 saturated heterocycles. The van der Waals surface area contributed by atoms with Crippen LogP contribution in [0.2, 0.25) is 0 Å². The lowest BCUT2D eigenvalue weighted by atomic mass is 9.98. The molecule has 1 aromatic heterocycles. The number of rotatable bonds is 9. The van der Waals surface area contributed by atoms with E-state index in [-0.39, 0.29) is 30.9 Å². The minimum absolute atomic E-state index is 0.0815. The Morgan fingerprint density at radius 2 is 1.86 bits per heavy atom. The van der Waals surface area contributed by atoms with Crippen molar-refractivity contribution < 1.29 is 14.7 Å². The molecule has 0 radical (unpaired) electrons. The summed E-state index contributed by atoms with van der Waals surface area (Å²) in [7, 11) is 0. The van der Waals surface area contributed by atoms with Crippen LogP contribution in [-0.4, -0.2) is 44.5 Å². The number of fused-ring (bicyclic) bond motifs is 1. The Bertz CT molecular complexity index is 1270. The normalized spacial score (nSPS) is 16.0. The van der Waals surface area contributed by atoms with Gasteiger partial charge >= 0.3 is 0 Å². The second-order valence-corrected chi connectivity index (χ2v) is 10.2. The molecule has 2 amide bonds. The number of allylic oxidation sites excluding steroid dienone is 1. The predicted molar refractivity (Wildman–Crippen MR) is 146 cm³/mol. The van der Waals surface area contributed by atoms with E-state index in [1.165, 1.54) is 16.0 Å². The largest absolute Gasteiger partial charge is 0.396 e. The number of aryl methyl sites for hydroxylation is 1. The zero-order chi connectivity index (χ0) is 26.5. The number of imidazole rings is 1. The maximum absolute atomic E-state index is 14.0. The van der Waals surface area contributed by atoms with Gasteiger partial charge in [-0.15, -0.1) is 6.58 Å². The highest BCUT2D eigenvalue weighted by Gasteiger charge is 2.35. The van der Waals surface area contributed by atoms with Crippen LogP contribution in [0.4, 0.5) is 0 Å². The molecule has 0 fully saturated rings. The molecule has 0 aliphatic carbocycles. The van der Waals surface area contributed by atoms with Crippen LogP contribution in [0.3, 0.4) is 0 Å². The van der Waals surface area contributed by atoms with E-state index < -0.39 is 0 Å². The first-order valence-electron chi connectivity index (χ1n) is 13.2. The molecule has 3 aromatic rings. The molecular weight excluding hydrogens is 462 g/mol. The Morgan fingerprint density at radius 1 is 1.14 bits per heavy atom. The Kier molecular flexibility index (Phi) is 8.39. The molecular formula is C31H37N3O3. The third-order valence-electron chi connectivity index (χ3n) is 7.08. The van der Waals surface area contributed by atoms with Crippen LogP contribution in [0.25, 0.3) is 11.4 Å². The van der Waals surface area contributed by atoms with Gasteiger partial charge in [0.15, 0.2) is 0 Å². The number of carbonyl (C=O) groups excluding carboxylic acids is 2. The van der Waals surface area contributed by atoms with Gasteiger partial charge in [0.2, 0.25) is 5.91 Å². The van der Waals surface area contributed by atoms with Gasteiger partial charge in [-0.1, -0.05) is 69.3 Å². The number of hydrogen-bond acceptors (Lipinski definition) is 4. The van der Waals surface area contributed by atoms with Crippen molar-refractivity contribution in [3.05, 3.63) is 89.3 Å². The van der Waals surface area contributed by atoms with E-state index in [0.29, 0.717) is 37.4 Å². The summed E-state index contributed by atoms with van der Waals surface area (Å²) in [5, 5.41) is 9.42. The van der Waals surface area contributed by atoms with Crippen molar-refractivity contribution in [2.24, 2.45) is 5.92 Å². The van der Waals surface area contributed by atoms with Crippen molar-refractivity contribution in [3.8, 4) is 11.4 Å².